The lowest BCUT2D eigenvalue weighted by molar-refractivity contribution is -0.140. The van der Waals surface area contributed by atoms with Crippen LogP contribution in [-0.2, 0) is 16.1 Å². The summed E-state index contributed by atoms with van der Waals surface area (Å²) < 4.78 is 15.4. The third-order valence-electron chi connectivity index (χ3n) is 8.04. The Labute approximate surface area is 190 Å². The second-order valence-corrected chi connectivity index (χ2v) is 9.74. The van der Waals surface area contributed by atoms with Crippen molar-refractivity contribution in [2.24, 2.45) is 40.6 Å². The van der Waals surface area contributed by atoms with Crippen LogP contribution in [0.2, 0.25) is 0 Å². The Morgan fingerprint density at radius 3 is 2.30 bits per heavy atom. The van der Waals surface area contributed by atoms with E-state index in [2.05, 4.69) is 21.8 Å². The van der Waals surface area contributed by atoms with E-state index in [1.807, 2.05) is 30.5 Å². The summed E-state index contributed by atoms with van der Waals surface area (Å²) in [5.41, 5.74) is 2.83. The predicted molar refractivity (Wildman–Crippen MR) is 122 cm³/mol. The molecule has 2 aromatic carbocycles. The third-order valence-corrected chi connectivity index (χ3v) is 8.04. The summed E-state index contributed by atoms with van der Waals surface area (Å²) in [7, 11) is 0. The minimum Gasteiger partial charge on any atom is -0.342 e. The molecule has 0 radical (unpaired) electrons. The average Bonchev–Trinajstić information content (AvgIpc) is 3.54. The van der Waals surface area contributed by atoms with Gasteiger partial charge in [0, 0.05) is 29.2 Å². The first-order valence-corrected chi connectivity index (χ1v) is 11.5. The SMILES string of the molecule is O=C1[C@@H]2[C@H]3C=C[C@@H]([C@@H]4C[C@@H]34)[C@H]2C(=O)N1N=Cc1cn(Cc2ccc(F)cc2)c2ccccc12. The van der Waals surface area contributed by atoms with Gasteiger partial charge in [0.25, 0.3) is 11.8 Å². The molecule has 164 valence electrons. The minimum absolute atomic E-state index is 0.152. The van der Waals surface area contributed by atoms with E-state index >= 15 is 0 Å². The van der Waals surface area contributed by atoms with Crippen molar-refractivity contribution in [3.8, 4) is 0 Å². The van der Waals surface area contributed by atoms with Crippen molar-refractivity contribution >= 4 is 28.9 Å². The number of hydrogen-bond acceptors (Lipinski definition) is 3. The first-order chi connectivity index (χ1) is 16.1. The Bertz CT molecular complexity index is 1340. The molecule has 8 rings (SSSR count). The number of nitrogens with zero attached hydrogens (tertiary/aromatic N) is 3. The molecule has 5 nitrogen and oxygen atoms in total. The monoisotopic (exact) mass is 439 g/mol. The summed E-state index contributed by atoms with van der Waals surface area (Å²) in [6.07, 6.45) is 9.08. The molecule has 0 unspecified atom stereocenters. The first kappa shape index (κ1) is 19.0. The number of allylic oxidation sites excluding steroid dienone is 2. The van der Waals surface area contributed by atoms with Gasteiger partial charge in [-0.25, -0.2) is 4.39 Å². The van der Waals surface area contributed by atoms with E-state index in [1.54, 1.807) is 18.3 Å². The summed E-state index contributed by atoms with van der Waals surface area (Å²) in [4.78, 5) is 26.4. The van der Waals surface area contributed by atoms with Crippen molar-refractivity contribution in [3.63, 3.8) is 0 Å². The Kier molecular flexibility index (Phi) is 3.87. The number of aromatic nitrogens is 1. The summed E-state index contributed by atoms with van der Waals surface area (Å²) in [5, 5.41) is 6.53. The molecule has 1 aliphatic heterocycles. The topological polar surface area (TPSA) is 54.7 Å². The number of halogens is 1. The van der Waals surface area contributed by atoms with E-state index in [0.717, 1.165) is 33.5 Å². The van der Waals surface area contributed by atoms with Crippen molar-refractivity contribution in [1.82, 2.24) is 9.58 Å². The molecule has 2 bridgehead atoms. The number of amides is 2. The molecule has 4 aliphatic carbocycles. The number of hydrazone groups is 1. The molecule has 6 atom stereocenters. The molecule has 2 heterocycles. The lowest BCUT2D eigenvalue weighted by atomic mass is 9.63. The van der Waals surface area contributed by atoms with Crippen molar-refractivity contribution in [1.29, 1.82) is 0 Å². The van der Waals surface area contributed by atoms with Crippen LogP contribution in [0.15, 0.2) is 72.0 Å². The molecule has 3 aromatic rings. The number of imide groups is 1. The van der Waals surface area contributed by atoms with Crippen molar-refractivity contribution in [2.75, 3.05) is 0 Å². The van der Waals surface area contributed by atoms with E-state index in [-0.39, 0.29) is 41.3 Å². The highest BCUT2D eigenvalue weighted by Crippen LogP contribution is 2.65. The van der Waals surface area contributed by atoms with Gasteiger partial charge in [0.1, 0.15) is 5.82 Å². The van der Waals surface area contributed by atoms with Gasteiger partial charge in [-0.2, -0.15) is 10.1 Å². The van der Waals surface area contributed by atoms with Gasteiger partial charge in [-0.05, 0) is 53.9 Å². The summed E-state index contributed by atoms with van der Waals surface area (Å²) in [5.74, 6) is 0.491. The van der Waals surface area contributed by atoms with Gasteiger partial charge in [-0.15, -0.1) is 0 Å². The maximum atomic E-state index is 13.3. The van der Waals surface area contributed by atoms with Crippen LogP contribution in [0.1, 0.15) is 17.5 Å². The molecule has 0 spiro atoms. The van der Waals surface area contributed by atoms with Crippen LogP contribution in [0.25, 0.3) is 10.9 Å². The van der Waals surface area contributed by atoms with E-state index in [0.29, 0.717) is 18.4 Å². The number of fused-ring (bicyclic) bond motifs is 1. The lowest BCUT2D eigenvalue weighted by Gasteiger charge is -2.37. The van der Waals surface area contributed by atoms with Gasteiger partial charge in [-0.1, -0.05) is 42.5 Å². The fourth-order valence-corrected chi connectivity index (χ4v) is 6.47. The molecule has 2 saturated carbocycles. The van der Waals surface area contributed by atoms with E-state index in [1.165, 1.54) is 12.1 Å². The Morgan fingerprint density at radius 1 is 0.939 bits per heavy atom. The van der Waals surface area contributed by atoms with E-state index in [4.69, 9.17) is 0 Å². The Balaban J connectivity index is 1.20. The number of rotatable bonds is 4. The number of carbonyl (C=O) groups is 2. The quantitative estimate of drug-likeness (QED) is 0.347. The molecule has 33 heavy (non-hydrogen) atoms. The van der Waals surface area contributed by atoms with Crippen LogP contribution in [0, 0.1) is 41.3 Å². The van der Waals surface area contributed by atoms with Crippen LogP contribution in [0.4, 0.5) is 4.39 Å². The molecule has 1 saturated heterocycles. The molecule has 1 aromatic heterocycles. The second-order valence-electron chi connectivity index (χ2n) is 9.74. The van der Waals surface area contributed by atoms with Crippen LogP contribution in [0.3, 0.4) is 0 Å². The van der Waals surface area contributed by atoms with Gasteiger partial charge < -0.3 is 4.57 Å². The zero-order valence-electron chi connectivity index (χ0n) is 17.8. The molecular formula is C27H22FN3O2. The Hall–Kier alpha value is -3.54. The van der Waals surface area contributed by atoms with Gasteiger partial charge >= 0.3 is 0 Å². The molecule has 5 aliphatic rings. The van der Waals surface area contributed by atoms with Crippen molar-refractivity contribution in [3.05, 3.63) is 83.8 Å². The number of hydrogen-bond donors (Lipinski definition) is 0. The average molecular weight is 439 g/mol. The van der Waals surface area contributed by atoms with Crippen molar-refractivity contribution in [2.45, 2.75) is 13.0 Å². The molecule has 2 amide bonds. The normalized spacial score (nSPS) is 31.6. The highest BCUT2D eigenvalue weighted by Gasteiger charge is 2.67. The molecule has 0 N–H and O–H groups in total. The first-order valence-electron chi connectivity index (χ1n) is 11.5. The maximum Gasteiger partial charge on any atom is 0.254 e. The van der Waals surface area contributed by atoms with E-state index < -0.39 is 0 Å². The maximum absolute atomic E-state index is 13.3. The van der Waals surface area contributed by atoms with Gasteiger partial charge in [0.2, 0.25) is 0 Å². The van der Waals surface area contributed by atoms with Gasteiger partial charge in [-0.3, -0.25) is 9.59 Å². The van der Waals surface area contributed by atoms with Gasteiger partial charge in [0.15, 0.2) is 0 Å². The van der Waals surface area contributed by atoms with Crippen LogP contribution >= 0.6 is 0 Å². The predicted octanol–water partition coefficient (Wildman–Crippen LogP) is 4.22. The standard InChI is InChI=1S/C27H22FN3O2/c28-17-7-5-15(6-8-17)13-30-14-16(18-3-1-2-4-23(18)30)12-29-31-26(32)24-19-9-10-20(22-11-21(19)22)25(24)27(31)33/h1-10,12,14,19-22,24-25H,11,13H2/t19-,20-,21-,22-,24+,25+/m0/s1. The van der Waals surface area contributed by atoms with E-state index in [9.17, 15) is 14.0 Å². The fourth-order valence-electron chi connectivity index (χ4n) is 6.47. The minimum atomic E-state index is -0.259. The number of benzene rings is 2. The third kappa shape index (κ3) is 2.73. The van der Waals surface area contributed by atoms with Gasteiger partial charge in [0.05, 0.1) is 18.1 Å². The summed E-state index contributed by atoms with van der Waals surface area (Å²) >= 11 is 0. The Morgan fingerprint density at radius 2 is 1.61 bits per heavy atom. The van der Waals surface area contributed by atoms with Crippen LogP contribution in [-0.4, -0.2) is 27.6 Å². The summed E-state index contributed by atoms with van der Waals surface area (Å²) in [6.45, 7) is 0.582. The highest BCUT2D eigenvalue weighted by atomic mass is 19.1. The van der Waals surface area contributed by atoms with Crippen LogP contribution < -0.4 is 0 Å². The van der Waals surface area contributed by atoms with Crippen LogP contribution in [0.5, 0.6) is 0 Å². The molecule has 3 fully saturated rings. The zero-order chi connectivity index (χ0) is 22.3. The highest BCUT2D eigenvalue weighted by molar-refractivity contribution is 6.07. The number of para-hydroxylation sites is 1. The second kappa shape index (κ2) is 6.73. The van der Waals surface area contributed by atoms with Crippen molar-refractivity contribution < 1.29 is 14.0 Å². The summed E-state index contributed by atoms with van der Waals surface area (Å²) in [6, 6.07) is 14.4. The largest absolute Gasteiger partial charge is 0.342 e. The molecular weight excluding hydrogens is 417 g/mol. The smallest absolute Gasteiger partial charge is 0.254 e. The zero-order valence-corrected chi connectivity index (χ0v) is 17.8. The number of carbonyl (C=O) groups excluding carboxylic acids is 2. The fraction of sp³-hybridized carbons (Fsp3) is 0.296. The lowest BCUT2D eigenvalue weighted by Crippen LogP contribution is -2.40. The molecule has 6 heteroatoms.